The van der Waals surface area contributed by atoms with Gasteiger partial charge in [0.25, 0.3) is 0 Å². The maximum Gasteiger partial charge on any atom is 3.00 e. The Morgan fingerprint density at radius 2 is 0.581 bits per heavy atom. The Labute approximate surface area is 217 Å². The van der Waals surface area contributed by atoms with Gasteiger partial charge in [-0.2, -0.15) is 0 Å². The van der Waals surface area contributed by atoms with Crippen LogP contribution in [0.3, 0.4) is 0 Å². The molecule has 0 atom stereocenters. The van der Waals surface area contributed by atoms with Crippen molar-refractivity contribution < 1.29 is 40.8 Å². The summed E-state index contributed by atoms with van der Waals surface area (Å²) in [7, 11) is 0. The number of hydrogen-bond donors (Lipinski definition) is 0. The molecule has 0 amide bonds. The van der Waals surface area contributed by atoms with Crippen LogP contribution in [0.25, 0.3) is 32.3 Å². The van der Waals surface area contributed by atoms with E-state index >= 15 is 0 Å². The van der Waals surface area contributed by atoms with Crippen LogP contribution in [0, 0.1) is 59.0 Å². The molecule has 1 heteroatoms. The Morgan fingerprint density at radius 3 is 0.871 bits per heavy atom. The summed E-state index contributed by atoms with van der Waals surface area (Å²) in [6, 6.07) is 52.2. The zero-order chi connectivity index (χ0) is 20.4. The van der Waals surface area contributed by atoms with E-state index in [0.717, 1.165) is 0 Å². The maximum absolute atomic E-state index is 3.15. The average Bonchev–Trinajstić information content (AvgIpc) is 2.85. The molecule has 0 nitrogen and oxygen atoms in total. The van der Waals surface area contributed by atoms with E-state index in [2.05, 4.69) is 72.8 Å². The summed E-state index contributed by atoms with van der Waals surface area (Å²) >= 11 is 0. The van der Waals surface area contributed by atoms with E-state index in [-0.39, 0.29) is 40.8 Å². The van der Waals surface area contributed by atoms with Gasteiger partial charge in [-0.05, 0) is 0 Å². The smallest absolute Gasteiger partial charge is 0.147 e. The SMILES string of the molecule is [Nd+3].[c-]1cccc2ccccc12.[c-]1cccc2ccccc12.[c-]1cccc2ccccc12. The minimum absolute atomic E-state index is 0. The summed E-state index contributed by atoms with van der Waals surface area (Å²) in [5.41, 5.74) is 0. The predicted molar refractivity (Wildman–Crippen MR) is 128 cm³/mol. The molecule has 31 heavy (non-hydrogen) atoms. The van der Waals surface area contributed by atoms with E-state index in [0.29, 0.717) is 0 Å². The van der Waals surface area contributed by atoms with Gasteiger partial charge in [-0.15, -0.1) is 142 Å². The van der Waals surface area contributed by atoms with Gasteiger partial charge in [0, 0.05) is 0 Å². The first-order valence-corrected chi connectivity index (χ1v) is 9.96. The van der Waals surface area contributed by atoms with Crippen molar-refractivity contribution in [3.8, 4) is 0 Å². The van der Waals surface area contributed by atoms with Crippen LogP contribution in [0.1, 0.15) is 0 Å². The van der Waals surface area contributed by atoms with Crippen molar-refractivity contribution in [1.29, 1.82) is 0 Å². The zero-order valence-electron chi connectivity index (χ0n) is 17.1. The molecule has 0 aromatic heterocycles. The molecule has 6 rings (SSSR count). The van der Waals surface area contributed by atoms with Crippen molar-refractivity contribution in [3.63, 3.8) is 0 Å². The standard InChI is InChI=1S/3C10H7.Nd/c3*1-2-6-10-8-4-3-7-9(10)5-1;/h3*1-7H;/q3*-1;+3. The van der Waals surface area contributed by atoms with E-state index in [1.165, 1.54) is 32.3 Å². The van der Waals surface area contributed by atoms with Crippen molar-refractivity contribution in [2.45, 2.75) is 0 Å². The normalized spacial score (nSPS) is 9.68. The van der Waals surface area contributed by atoms with Crippen molar-refractivity contribution >= 4 is 32.3 Å². The van der Waals surface area contributed by atoms with Gasteiger partial charge in [-0.1, -0.05) is 36.4 Å². The molecular formula is C30H21Nd. The largest absolute Gasteiger partial charge is 3.00 e. The third-order valence-corrected chi connectivity index (χ3v) is 4.71. The molecule has 0 bridgehead atoms. The van der Waals surface area contributed by atoms with Crippen LogP contribution in [0.15, 0.2) is 127 Å². The van der Waals surface area contributed by atoms with E-state index < -0.39 is 0 Å². The van der Waals surface area contributed by atoms with Crippen molar-refractivity contribution in [3.05, 3.63) is 146 Å². The van der Waals surface area contributed by atoms with Crippen LogP contribution < -0.4 is 0 Å². The summed E-state index contributed by atoms with van der Waals surface area (Å²) in [5, 5.41) is 7.32. The van der Waals surface area contributed by atoms with Crippen LogP contribution in [0.4, 0.5) is 0 Å². The predicted octanol–water partition coefficient (Wildman–Crippen LogP) is 7.92. The Balaban J connectivity index is 0.000000130. The molecule has 0 unspecified atom stereocenters. The van der Waals surface area contributed by atoms with Gasteiger partial charge in [0.2, 0.25) is 0 Å². The first-order chi connectivity index (χ1) is 14.9. The van der Waals surface area contributed by atoms with Gasteiger partial charge < -0.3 is 0 Å². The molecule has 0 fully saturated rings. The van der Waals surface area contributed by atoms with E-state index in [1.807, 2.05) is 72.8 Å². The van der Waals surface area contributed by atoms with E-state index in [9.17, 15) is 0 Å². The molecule has 145 valence electrons. The van der Waals surface area contributed by atoms with Gasteiger partial charge >= 0.3 is 40.8 Å². The quantitative estimate of drug-likeness (QED) is 0.177. The topological polar surface area (TPSA) is 0 Å². The van der Waals surface area contributed by atoms with Gasteiger partial charge in [0.05, 0.1) is 0 Å². The van der Waals surface area contributed by atoms with E-state index in [1.54, 1.807) is 0 Å². The van der Waals surface area contributed by atoms with Crippen LogP contribution >= 0.6 is 0 Å². The summed E-state index contributed by atoms with van der Waals surface area (Å²) in [5.74, 6) is 0. The minimum atomic E-state index is 0. The average molecular weight is 526 g/mol. The van der Waals surface area contributed by atoms with E-state index in [4.69, 9.17) is 0 Å². The second-order valence-electron chi connectivity index (χ2n) is 6.77. The van der Waals surface area contributed by atoms with Gasteiger partial charge in [-0.25, -0.2) is 0 Å². The zero-order valence-corrected chi connectivity index (χ0v) is 20.3. The number of benzene rings is 6. The first-order valence-electron chi connectivity index (χ1n) is 9.96. The van der Waals surface area contributed by atoms with Crippen LogP contribution in [-0.2, 0) is 0 Å². The second kappa shape index (κ2) is 12.3. The van der Waals surface area contributed by atoms with Gasteiger partial charge in [-0.3, -0.25) is 0 Å². The van der Waals surface area contributed by atoms with Gasteiger partial charge in [0.15, 0.2) is 0 Å². The Morgan fingerprint density at radius 1 is 0.323 bits per heavy atom. The number of rotatable bonds is 0. The van der Waals surface area contributed by atoms with Gasteiger partial charge in [0.1, 0.15) is 0 Å². The summed E-state index contributed by atoms with van der Waals surface area (Å²) in [4.78, 5) is 0. The molecule has 0 aliphatic carbocycles. The summed E-state index contributed by atoms with van der Waals surface area (Å²) in [6.45, 7) is 0. The second-order valence-corrected chi connectivity index (χ2v) is 6.77. The van der Waals surface area contributed by atoms with Crippen molar-refractivity contribution in [2.75, 3.05) is 0 Å². The molecule has 0 N–H and O–H groups in total. The number of hydrogen-bond acceptors (Lipinski definition) is 0. The molecule has 6 aromatic rings. The molecule has 0 spiro atoms. The first kappa shape index (κ1) is 23.1. The molecule has 0 saturated heterocycles. The summed E-state index contributed by atoms with van der Waals surface area (Å²) < 4.78 is 0. The number of fused-ring (bicyclic) bond motifs is 3. The third-order valence-electron chi connectivity index (χ3n) is 4.71. The van der Waals surface area contributed by atoms with Crippen LogP contribution in [-0.4, -0.2) is 0 Å². The Hall–Kier alpha value is -2.55. The molecule has 1 radical (unpaired) electrons. The molecular weight excluding hydrogens is 505 g/mol. The Bertz CT molecular complexity index is 989. The third kappa shape index (κ3) is 6.72. The Kier molecular flexibility index (Phi) is 9.20. The summed E-state index contributed by atoms with van der Waals surface area (Å²) in [6.07, 6.45) is 0. The van der Waals surface area contributed by atoms with Crippen molar-refractivity contribution in [2.24, 2.45) is 0 Å². The maximum atomic E-state index is 3.15. The monoisotopic (exact) mass is 523 g/mol. The molecule has 6 aromatic carbocycles. The minimum Gasteiger partial charge on any atom is -0.147 e. The van der Waals surface area contributed by atoms with Crippen LogP contribution in [0.5, 0.6) is 0 Å². The fourth-order valence-electron chi connectivity index (χ4n) is 3.19. The fourth-order valence-corrected chi connectivity index (χ4v) is 3.19. The molecule has 0 saturated carbocycles. The fraction of sp³-hybridized carbons (Fsp3) is 0. The molecule has 0 aliphatic heterocycles. The molecule has 0 aliphatic rings. The van der Waals surface area contributed by atoms with Crippen molar-refractivity contribution in [1.82, 2.24) is 0 Å². The molecule has 0 heterocycles. The van der Waals surface area contributed by atoms with Crippen LogP contribution in [0.2, 0.25) is 0 Å².